The van der Waals surface area contributed by atoms with Crippen molar-refractivity contribution in [1.82, 2.24) is 0 Å². The fourth-order valence-corrected chi connectivity index (χ4v) is 4.93. The summed E-state index contributed by atoms with van der Waals surface area (Å²) in [6, 6.07) is 16.6. The molecule has 1 N–H and O–H groups in total. The highest BCUT2D eigenvalue weighted by Gasteiger charge is 2.49. The van der Waals surface area contributed by atoms with Crippen LogP contribution in [0.4, 0.5) is 0 Å². The summed E-state index contributed by atoms with van der Waals surface area (Å²) >= 11 is 0. The van der Waals surface area contributed by atoms with E-state index in [9.17, 15) is 5.11 Å². The highest BCUT2D eigenvalue weighted by Crippen LogP contribution is 2.54. The minimum absolute atomic E-state index is 0.152. The maximum atomic E-state index is 11.9. The van der Waals surface area contributed by atoms with E-state index in [1.54, 1.807) is 0 Å². The van der Waals surface area contributed by atoms with Crippen molar-refractivity contribution in [1.29, 1.82) is 0 Å². The summed E-state index contributed by atoms with van der Waals surface area (Å²) < 4.78 is 6.49. The molecule has 0 saturated heterocycles. The lowest BCUT2D eigenvalue weighted by Crippen LogP contribution is -2.45. The van der Waals surface area contributed by atoms with E-state index in [0.717, 1.165) is 16.7 Å². The molecule has 2 bridgehead atoms. The maximum Gasteiger partial charge on any atom is 0.192 e. The van der Waals surface area contributed by atoms with E-state index < -0.39 is 13.9 Å². The van der Waals surface area contributed by atoms with Crippen LogP contribution in [0, 0.1) is 0 Å². The van der Waals surface area contributed by atoms with E-state index >= 15 is 0 Å². The fourth-order valence-electron chi connectivity index (χ4n) is 3.98. The summed E-state index contributed by atoms with van der Waals surface area (Å²) in [5.41, 5.74) is 4.36. The Labute approximate surface area is 157 Å². The molecule has 3 heteroatoms. The molecule has 0 radical (unpaired) electrons. The zero-order valence-corrected chi connectivity index (χ0v) is 17.3. The minimum Gasteiger partial charge on any atom is -0.413 e. The van der Waals surface area contributed by atoms with Crippen LogP contribution in [0.2, 0.25) is 18.1 Å². The molecular formula is C23H28O2Si. The molecule has 2 aromatic rings. The van der Waals surface area contributed by atoms with Crippen molar-refractivity contribution >= 4 is 8.32 Å². The summed E-state index contributed by atoms with van der Waals surface area (Å²) in [6.45, 7) is 11.8. The quantitative estimate of drug-likeness (QED) is 0.589. The van der Waals surface area contributed by atoms with Gasteiger partial charge in [-0.15, -0.1) is 0 Å². The molecule has 0 aliphatic heterocycles. The van der Waals surface area contributed by atoms with Crippen LogP contribution in [-0.2, 0) is 10.0 Å². The van der Waals surface area contributed by atoms with Gasteiger partial charge in [-0.25, -0.2) is 0 Å². The first kappa shape index (κ1) is 17.7. The van der Waals surface area contributed by atoms with Crippen molar-refractivity contribution in [2.45, 2.75) is 50.4 Å². The standard InChI is InChI=1S/C23H28O2Si/c1-22(2,3)26(4,5)25-15-16-14-19-17-10-6-8-12-20(17)23(16,24)21-13-9-7-11-18(19)21/h6-14,19,24H,15H2,1-5H3. The summed E-state index contributed by atoms with van der Waals surface area (Å²) in [6.07, 6.45) is 2.23. The highest BCUT2D eigenvalue weighted by atomic mass is 28.4. The third-order valence-electron chi connectivity index (χ3n) is 6.60. The third-order valence-corrected chi connectivity index (χ3v) is 11.1. The molecule has 0 saturated carbocycles. The second-order valence-electron chi connectivity index (χ2n) is 9.10. The smallest absolute Gasteiger partial charge is 0.192 e. The molecule has 0 heterocycles. The first-order valence-electron chi connectivity index (χ1n) is 9.42. The Hall–Kier alpha value is -1.68. The summed E-state index contributed by atoms with van der Waals surface area (Å²) in [5.74, 6) is 0.203. The zero-order valence-electron chi connectivity index (χ0n) is 16.3. The van der Waals surface area contributed by atoms with Crippen LogP contribution in [0.3, 0.4) is 0 Å². The molecule has 0 atom stereocenters. The fraction of sp³-hybridized carbons (Fsp3) is 0.391. The normalized spacial score (nSPS) is 24.1. The van der Waals surface area contributed by atoms with Gasteiger partial charge >= 0.3 is 0 Å². The van der Waals surface area contributed by atoms with Crippen LogP contribution in [0.1, 0.15) is 48.9 Å². The number of allylic oxidation sites excluding steroid dienone is 1. The van der Waals surface area contributed by atoms with E-state index in [4.69, 9.17) is 4.43 Å². The van der Waals surface area contributed by atoms with Crippen LogP contribution < -0.4 is 0 Å². The molecule has 5 rings (SSSR count). The Kier molecular flexibility index (Phi) is 3.85. The lowest BCUT2D eigenvalue weighted by molar-refractivity contribution is 0.0956. The van der Waals surface area contributed by atoms with Crippen LogP contribution >= 0.6 is 0 Å². The molecule has 3 aliphatic rings. The lowest BCUT2D eigenvalue weighted by Gasteiger charge is -2.47. The minimum atomic E-state index is -1.88. The highest BCUT2D eigenvalue weighted by molar-refractivity contribution is 6.74. The van der Waals surface area contributed by atoms with Crippen LogP contribution in [0.15, 0.2) is 60.2 Å². The van der Waals surface area contributed by atoms with Crippen LogP contribution in [0.25, 0.3) is 0 Å². The van der Waals surface area contributed by atoms with Gasteiger partial charge < -0.3 is 9.53 Å². The summed E-state index contributed by atoms with van der Waals surface area (Å²) in [7, 11) is -1.88. The van der Waals surface area contributed by atoms with Crippen LogP contribution in [-0.4, -0.2) is 20.0 Å². The van der Waals surface area contributed by atoms with E-state index in [1.807, 2.05) is 12.1 Å². The van der Waals surface area contributed by atoms with Gasteiger partial charge in [0.25, 0.3) is 0 Å². The van der Waals surface area contributed by atoms with Gasteiger partial charge in [-0.2, -0.15) is 0 Å². The first-order chi connectivity index (χ1) is 12.2. The molecule has 2 aromatic carbocycles. The van der Waals surface area contributed by atoms with Gasteiger partial charge in [-0.1, -0.05) is 75.4 Å². The molecular weight excluding hydrogens is 336 g/mol. The number of rotatable bonds is 3. The Bertz CT molecular complexity index is 842. The van der Waals surface area contributed by atoms with Crippen molar-refractivity contribution in [2.75, 3.05) is 6.61 Å². The van der Waals surface area contributed by atoms with Crippen molar-refractivity contribution in [3.05, 3.63) is 82.4 Å². The van der Waals surface area contributed by atoms with Crippen molar-refractivity contribution in [2.24, 2.45) is 0 Å². The SMILES string of the molecule is CC(C)(C)[Si](C)(C)OCC1=CC2c3ccccc3C1(O)c1ccccc12. The predicted octanol–water partition coefficient (Wildman–Crippen LogP) is 5.33. The Morgan fingerprint density at radius 2 is 1.46 bits per heavy atom. The number of benzene rings is 2. The second-order valence-corrected chi connectivity index (χ2v) is 13.9. The van der Waals surface area contributed by atoms with E-state index in [2.05, 4.69) is 76.3 Å². The molecule has 2 nitrogen and oxygen atoms in total. The topological polar surface area (TPSA) is 29.5 Å². The van der Waals surface area contributed by atoms with E-state index in [1.165, 1.54) is 11.1 Å². The maximum absolute atomic E-state index is 11.9. The molecule has 136 valence electrons. The van der Waals surface area contributed by atoms with E-state index in [0.29, 0.717) is 6.61 Å². The van der Waals surface area contributed by atoms with Crippen molar-refractivity contribution < 1.29 is 9.53 Å². The zero-order chi connectivity index (χ0) is 18.7. The van der Waals surface area contributed by atoms with Gasteiger partial charge in [0.1, 0.15) is 5.60 Å². The average Bonchev–Trinajstić information content (AvgIpc) is 2.60. The van der Waals surface area contributed by atoms with Gasteiger partial charge in [0, 0.05) is 5.92 Å². The van der Waals surface area contributed by atoms with Gasteiger partial charge in [0.2, 0.25) is 0 Å². The molecule has 0 aromatic heterocycles. The first-order valence-corrected chi connectivity index (χ1v) is 12.3. The molecule has 0 fully saturated rings. The third kappa shape index (κ3) is 2.38. The van der Waals surface area contributed by atoms with Crippen LogP contribution in [0.5, 0.6) is 0 Å². The molecule has 3 aliphatic carbocycles. The molecule has 0 spiro atoms. The number of hydrogen-bond acceptors (Lipinski definition) is 2. The number of aliphatic hydroxyl groups is 1. The predicted molar refractivity (Wildman–Crippen MR) is 109 cm³/mol. The van der Waals surface area contributed by atoms with Gasteiger partial charge in [-0.05, 0) is 46.0 Å². The lowest BCUT2D eigenvalue weighted by atomic mass is 9.62. The molecule has 26 heavy (non-hydrogen) atoms. The molecule has 0 amide bonds. The number of hydrogen-bond donors (Lipinski definition) is 1. The van der Waals surface area contributed by atoms with Gasteiger partial charge in [-0.3, -0.25) is 0 Å². The second kappa shape index (κ2) is 5.65. The molecule has 0 unspecified atom stereocenters. The van der Waals surface area contributed by atoms with E-state index in [-0.39, 0.29) is 11.0 Å². The van der Waals surface area contributed by atoms with Crippen molar-refractivity contribution in [3.63, 3.8) is 0 Å². The average molecular weight is 365 g/mol. The van der Waals surface area contributed by atoms with Crippen molar-refractivity contribution in [3.8, 4) is 0 Å². The summed E-state index contributed by atoms with van der Waals surface area (Å²) in [5, 5.41) is 12.1. The van der Waals surface area contributed by atoms with Gasteiger partial charge in [0.05, 0.1) is 6.61 Å². The Balaban J connectivity index is 1.78. The monoisotopic (exact) mass is 364 g/mol. The summed E-state index contributed by atoms with van der Waals surface area (Å²) in [4.78, 5) is 0. The Morgan fingerprint density at radius 1 is 0.962 bits per heavy atom. The largest absolute Gasteiger partial charge is 0.413 e. The Morgan fingerprint density at radius 3 is 1.96 bits per heavy atom. The van der Waals surface area contributed by atoms with Gasteiger partial charge in [0.15, 0.2) is 8.32 Å².